The van der Waals surface area contributed by atoms with E-state index in [4.69, 9.17) is 0 Å². The standard InChI is InChI=1S/C20H18F3NO2S2/c21-20(22,23)15-6-3-14(4-7-15)5-8-18(25)24-13-19(26,16-9-11-27-12-16)17-2-1-10-28-17/h1-4,6-7,9-12,26H,5,8,13H2,(H,24,25). The lowest BCUT2D eigenvalue weighted by molar-refractivity contribution is -0.137. The topological polar surface area (TPSA) is 49.3 Å². The fourth-order valence-corrected chi connectivity index (χ4v) is 4.35. The number of thiophene rings is 2. The van der Waals surface area contributed by atoms with E-state index in [9.17, 15) is 23.1 Å². The highest BCUT2D eigenvalue weighted by atomic mass is 32.1. The number of amides is 1. The van der Waals surface area contributed by atoms with E-state index in [1.807, 2.05) is 34.3 Å². The molecule has 0 bridgehead atoms. The second-order valence-electron chi connectivity index (χ2n) is 6.32. The molecule has 28 heavy (non-hydrogen) atoms. The minimum absolute atomic E-state index is 0.0239. The van der Waals surface area contributed by atoms with Crippen LogP contribution in [0.5, 0.6) is 0 Å². The molecule has 148 valence electrons. The number of benzene rings is 1. The third kappa shape index (κ3) is 4.81. The highest BCUT2D eigenvalue weighted by Crippen LogP contribution is 2.33. The van der Waals surface area contributed by atoms with Crippen LogP contribution >= 0.6 is 22.7 Å². The van der Waals surface area contributed by atoms with Crippen molar-refractivity contribution in [3.8, 4) is 0 Å². The zero-order valence-electron chi connectivity index (χ0n) is 14.7. The summed E-state index contributed by atoms with van der Waals surface area (Å²) in [6.45, 7) is 0.0239. The molecule has 3 aromatic rings. The van der Waals surface area contributed by atoms with Crippen LogP contribution in [0.25, 0.3) is 0 Å². The van der Waals surface area contributed by atoms with Gasteiger partial charge in [-0.3, -0.25) is 4.79 Å². The lowest BCUT2D eigenvalue weighted by Crippen LogP contribution is -2.41. The Kier molecular flexibility index (Phi) is 6.22. The van der Waals surface area contributed by atoms with Gasteiger partial charge < -0.3 is 10.4 Å². The largest absolute Gasteiger partial charge is 0.416 e. The average molecular weight is 425 g/mol. The van der Waals surface area contributed by atoms with Gasteiger partial charge in [0.25, 0.3) is 0 Å². The zero-order valence-corrected chi connectivity index (χ0v) is 16.3. The summed E-state index contributed by atoms with van der Waals surface area (Å²) >= 11 is 2.86. The van der Waals surface area contributed by atoms with Gasteiger partial charge in [-0.1, -0.05) is 18.2 Å². The molecule has 3 nitrogen and oxygen atoms in total. The van der Waals surface area contributed by atoms with Crippen molar-refractivity contribution in [3.63, 3.8) is 0 Å². The molecule has 1 atom stereocenters. The van der Waals surface area contributed by atoms with E-state index >= 15 is 0 Å². The summed E-state index contributed by atoms with van der Waals surface area (Å²) < 4.78 is 37.8. The Hall–Kier alpha value is -2.16. The van der Waals surface area contributed by atoms with E-state index in [-0.39, 0.29) is 18.9 Å². The van der Waals surface area contributed by atoms with Crippen LogP contribution in [-0.4, -0.2) is 17.6 Å². The summed E-state index contributed by atoms with van der Waals surface area (Å²) in [4.78, 5) is 13.0. The van der Waals surface area contributed by atoms with E-state index in [0.29, 0.717) is 17.5 Å². The molecule has 0 saturated heterocycles. The molecule has 0 fully saturated rings. The Balaban J connectivity index is 1.58. The first-order valence-electron chi connectivity index (χ1n) is 8.51. The van der Waals surface area contributed by atoms with Gasteiger partial charge >= 0.3 is 6.18 Å². The lowest BCUT2D eigenvalue weighted by Gasteiger charge is -2.27. The molecule has 1 unspecified atom stereocenters. The number of rotatable bonds is 7. The minimum Gasteiger partial charge on any atom is -0.378 e. The van der Waals surface area contributed by atoms with Crippen LogP contribution in [0.2, 0.25) is 0 Å². The van der Waals surface area contributed by atoms with Crippen molar-refractivity contribution in [1.82, 2.24) is 5.32 Å². The SMILES string of the molecule is O=C(CCc1ccc(C(F)(F)F)cc1)NCC(O)(c1ccsc1)c1cccs1. The molecule has 8 heteroatoms. The van der Waals surface area contributed by atoms with Gasteiger partial charge in [0.2, 0.25) is 5.91 Å². The van der Waals surface area contributed by atoms with Crippen LogP contribution in [-0.2, 0) is 23.0 Å². The number of carbonyl (C=O) groups is 1. The van der Waals surface area contributed by atoms with Crippen LogP contribution in [0.15, 0.2) is 58.6 Å². The Bertz CT molecular complexity index is 854. The molecule has 1 aromatic carbocycles. The third-order valence-electron chi connectivity index (χ3n) is 4.39. The van der Waals surface area contributed by atoms with Crippen LogP contribution in [0.4, 0.5) is 13.2 Å². The first-order chi connectivity index (χ1) is 13.3. The second kappa shape index (κ2) is 8.46. The van der Waals surface area contributed by atoms with Gasteiger partial charge in [0.1, 0.15) is 5.60 Å². The van der Waals surface area contributed by atoms with Crippen LogP contribution < -0.4 is 5.32 Å². The molecule has 2 N–H and O–H groups in total. The first-order valence-corrected chi connectivity index (χ1v) is 10.3. The van der Waals surface area contributed by atoms with Crippen molar-refractivity contribution in [2.45, 2.75) is 24.6 Å². The van der Waals surface area contributed by atoms with Gasteiger partial charge in [-0.25, -0.2) is 0 Å². The number of halogens is 3. The average Bonchev–Trinajstić information content (AvgIpc) is 3.38. The molecular formula is C20H18F3NO2S2. The second-order valence-corrected chi connectivity index (χ2v) is 8.05. The van der Waals surface area contributed by atoms with E-state index < -0.39 is 17.3 Å². The van der Waals surface area contributed by atoms with Gasteiger partial charge in [-0.05, 0) is 52.4 Å². The summed E-state index contributed by atoms with van der Waals surface area (Å²) in [7, 11) is 0. The predicted molar refractivity (Wildman–Crippen MR) is 104 cm³/mol. The monoisotopic (exact) mass is 425 g/mol. The van der Waals surface area contributed by atoms with Crippen LogP contribution in [0.3, 0.4) is 0 Å². The Morgan fingerprint density at radius 2 is 1.79 bits per heavy atom. The fourth-order valence-electron chi connectivity index (χ4n) is 2.78. The number of aryl methyl sites for hydroxylation is 1. The Labute approximate surface area is 168 Å². The molecule has 2 aromatic heterocycles. The van der Waals surface area contributed by atoms with E-state index in [0.717, 1.165) is 17.0 Å². The Morgan fingerprint density at radius 3 is 2.36 bits per heavy atom. The molecule has 1 amide bonds. The number of aliphatic hydroxyl groups is 1. The third-order valence-corrected chi connectivity index (χ3v) is 6.10. The molecular weight excluding hydrogens is 407 g/mol. The highest BCUT2D eigenvalue weighted by molar-refractivity contribution is 7.10. The van der Waals surface area contributed by atoms with Crippen molar-refractivity contribution < 1.29 is 23.1 Å². The van der Waals surface area contributed by atoms with Crippen molar-refractivity contribution in [2.24, 2.45) is 0 Å². The van der Waals surface area contributed by atoms with Crippen molar-refractivity contribution >= 4 is 28.6 Å². The summed E-state index contributed by atoms with van der Waals surface area (Å²) in [5.41, 5.74) is -0.659. The number of nitrogens with one attached hydrogen (secondary N) is 1. The van der Waals surface area contributed by atoms with E-state index in [1.54, 1.807) is 0 Å². The Morgan fingerprint density at radius 1 is 1.04 bits per heavy atom. The van der Waals surface area contributed by atoms with Gasteiger partial charge in [-0.2, -0.15) is 24.5 Å². The number of hydrogen-bond acceptors (Lipinski definition) is 4. The summed E-state index contributed by atoms with van der Waals surface area (Å²) in [5, 5.41) is 19.5. The fraction of sp³-hybridized carbons (Fsp3) is 0.250. The molecule has 0 saturated carbocycles. The summed E-state index contributed by atoms with van der Waals surface area (Å²) in [5.74, 6) is -0.273. The quantitative estimate of drug-likeness (QED) is 0.571. The van der Waals surface area contributed by atoms with Gasteiger partial charge in [-0.15, -0.1) is 11.3 Å². The lowest BCUT2D eigenvalue weighted by atomic mass is 9.94. The molecule has 0 aliphatic carbocycles. The maximum atomic E-state index is 12.6. The van der Waals surface area contributed by atoms with Crippen molar-refractivity contribution in [3.05, 3.63) is 80.2 Å². The van der Waals surface area contributed by atoms with Gasteiger partial charge in [0.15, 0.2) is 0 Å². The first kappa shape index (κ1) is 20.6. The van der Waals surface area contributed by atoms with Crippen LogP contribution in [0.1, 0.15) is 28.0 Å². The molecule has 0 radical (unpaired) electrons. The van der Waals surface area contributed by atoms with E-state index in [2.05, 4.69) is 5.32 Å². The normalized spacial score (nSPS) is 13.9. The van der Waals surface area contributed by atoms with Gasteiger partial charge in [0.05, 0.1) is 12.1 Å². The number of hydrogen-bond donors (Lipinski definition) is 2. The maximum absolute atomic E-state index is 12.6. The molecule has 3 rings (SSSR count). The summed E-state index contributed by atoms with van der Waals surface area (Å²) in [6.07, 6.45) is -3.93. The molecule has 0 aliphatic rings. The summed E-state index contributed by atoms with van der Waals surface area (Å²) in [6, 6.07) is 10.3. The zero-order chi connectivity index (χ0) is 20.2. The predicted octanol–water partition coefficient (Wildman–Crippen LogP) is 4.81. The van der Waals surface area contributed by atoms with E-state index in [1.165, 1.54) is 34.8 Å². The van der Waals surface area contributed by atoms with Crippen molar-refractivity contribution in [1.29, 1.82) is 0 Å². The van der Waals surface area contributed by atoms with Crippen LogP contribution in [0, 0.1) is 0 Å². The van der Waals surface area contributed by atoms with Gasteiger partial charge in [0, 0.05) is 16.9 Å². The van der Waals surface area contributed by atoms with Crippen molar-refractivity contribution in [2.75, 3.05) is 6.54 Å². The number of alkyl halides is 3. The highest BCUT2D eigenvalue weighted by Gasteiger charge is 2.33. The smallest absolute Gasteiger partial charge is 0.378 e. The molecule has 2 heterocycles. The minimum atomic E-state index is -4.37. The maximum Gasteiger partial charge on any atom is 0.416 e. The molecule has 0 spiro atoms. The number of carbonyl (C=O) groups excluding carboxylic acids is 1. The molecule has 0 aliphatic heterocycles.